The van der Waals surface area contributed by atoms with Crippen molar-refractivity contribution in [2.75, 3.05) is 17.2 Å². The number of nitrogens with two attached hydrogens (primary N) is 1. The highest BCUT2D eigenvalue weighted by molar-refractivity contribution is 8.00. The summed E-state index contributed by atoms with van der Waals surface area (Å²) in [6, 6.07) is 6.07. The number of thioether (sulfide) groups is 1. The molecular formula is C13H18ClN3S. The molecule has 3 nitrogen and oxygen atoms in total. The van der Waals surface area contributed by atoms with Gasteiger partial charge in [-0.25, -0.2) is 0 Å². The summed E-state index contributed by atoms with van der Waals surface area (Å²) in [5, 5.41) is 8.69. The first-order valence-electron chi connectivity index (χ1n) is 6.03. The van der Waals surface area contributed by atoms with E-state index in [0.29, 0.717) is 21.9 Å². The lowest BCUT2D eigenvalue weighted by Crippen LogP contribution is -2.44. The van der Waals surface area contributed by atoms with Crippen molar-refractivity contribution >= 4 is 34.9 Å². The molecule has 1 fully saturated rings. The van der Waals surface area contributed by atoms with Gasteiger partial charge in [-0.3, -0.25) is 5.41 Å². The Kier molecular flexibility index (Phi) is 4.07. The SMILES string of the molecule is CC1SCCN(c2ccc(C(=N)N)cc2Cl)C1C. The van der Waals surface area contributed by atoms with Crippen molar-refractivity contribution in [1.82, 2.24) is 0 Å². The van der Waals surface area contributed by atoms with E-state index in [9.17, 15) is 0 Å². The average Bonchev–Trinajstić information content (AvgIpc) is 2.33. The van der Waals surface area contributed by atoms with E-state index >= 15 is 0 Å². The molecule has 1 aromatic carbocycles. The molecule has 3 N–H and O–H groups in total. The van der Waals surface area contributed by atoms with Crippen LogP contribution in [0.1, 0.15) is 19.4 Å². The maximum atomic E-state index is 7.42. The lowest BCUT2D eigenvalue weighted by Gasteiger charge is -2.39. The molecule has 0 amide bonds. The van der Waals surface area contributed by atoms with Crippen LogP contribution in [0.2, 0.25) is 5.02 Å². The van der Waals surface area contributed by atoms with E-state index in [2.05, 4.69) is 18.7 Å². The second-order valence-electron chi connectivity index (χ2n) is 4.59. The van der Waals surface area contributed by atoms with Gasteiger partial charge in [-0.15, -0.1) is 0 Å². The first-order valence-corrected chi connectivity index (χ1v) is 7.45. The van der Waals surface area contributed by atoms with E-state index < -0.39 is 0 Å². The molecule has 0 spiro atoms. The molecule has 1 saturated heterocycles. The number of amidine groups is 1. The van der Waals surface area contributed by atoms with Crippen LogP contribution in [-0.4, -0.2) is 29.4 Å². The molecule has 2 atom stereocenters. The number of benzene rings is 1. The normalized spacial score (nSPS) is 24.1. The van der Waals surface area contributed by atoms with Gasteiger partial charge in [0.2, 0.25) is 0 Å². The van der Waals surface area contributed by atoms with Gasteiger partial charge < -0.3 is 10.6 Å². The van der Waals surface area contributed by atoms with Gasteiger partial charge in [0.05, 0.1) is 10.7 Å². The molecule has 1 aliphatic rings. The molecule has 0 aliphatic carbocycles. The largest absolute Gasteiger partial charge is 0.384 e. The predicted molar refractivity (Wildman–Crippen MR) is 81.2 cm³/mol. The molecule has 2 unspecified atom stereocenters. The smallest absolute Gasteiger partial charge is 0.122 e. The summed E-state index contributed by atoms with van der Waals surface area (Å²) >= 11 is 8.32. The summed E-state index contributed by atoms with van der Waals surface area (Å²) in [6.45, 7) is 5.49. The summed E-state index contributed by atoms with van der Waals surface area (Å²) in [7, 11) is 0. The Bertz CT molecular complexity index is 464. The maximum absolute atomic E-state index is 7.42. The van der Waals surface area contributed by atoms with Gasteiger partial charge in [-0.2, -0.15) is 11.8 Å². The number of rotatable bonds is 2. The minimum absolute atomic E-state index is 0.0547. The van der Waals surface area contributed by atoms with Crippen LogP contribution in [0.3, 0.4) is 0 Å². The zero-order valence-electron chi connectivity index (χ0n) is 10.6. The van der Waals surface area contributed by atoms with Gasteiger partial charge in [-0.1, -0.05) is 18.5 Å². The van der Waals surface area contributed by atoms with Gasteiger partial charge in [-0.05, 0) is 25.1 Å². The Balaban J connectivity index is 2.30. The average molecular weight is 284 g/mol. The number of nitrogens with zero attached hydrogens (tertiary/aromatic N) is 1. The quantitative estimate of drug-likeness (QED) is 0.648. The molecule has 1 aromatic rings. The Morgan fingerprint density at radius 1 is 1.50 bits per heavy atom. The third-order valence-corrected chi connectivity index (χ3v) is 5.09. The van der Waals surface area contributed by atoms with Crippen molar-refractivity contribution in [2.45, 2.75) is 25.1 Å². The topological polar surface area (TPSA) is 53.1 Å². The number of hydrogen-bond acceptors (Lipinski definition) is 3. The van der Waals surface area contributed by atoms with E-state index in [4.69, 9.17) is 22.7 Å². The van der Waals surface area contributed by atoms with Crippen LogP contribution in [0.15, 0.2) is 18.2 Å². The third-order valence-electron chi connectivity index (χ3n) is 3.45. The maximum Gasteiger partial charge on any atom is 0.122 e. The number of nitrogens with one attached hydrogen (secondary N) is 1. The lowest BCUT2D eigenvalue weighted by atomic mass is 10.1. The van der Waals surface area contributed by atoms with Gasteiger partial charge in [0, 0.05) is 29.2 Å². The molecule has 98 valence electrons. The zero-order chi connectivity index (χ0) is 13.3. The van der Waals surface area contributed by atoms with Crippen LogP contribution in [0.25, 0.3) is 0 Å². The third kappa shape index (κ3) is 2.59. The van der Waals surface area contributed by atoms with Crippen LogP contribution in [0.5, 0.6) is 0 Å². The lowest BCUT2D eigenvalue weighted by molar-refractivity contribution is 0.627. The van der Waals surface area contributed by atoms with E-state index in [1.165, 1.54) is 0 Å². The van der Waals surface area contributed by atoms with E-state index in [1.54, 1.807) is 6.07 Å². The fourth-order valence-corrected chi connectivity index (χ4v) is 3.57. The van der Waals surface area contributed by atoms with E-state index in [1.807, 2.05) is 23.9 Å². The second-order valence-corrected chi connectivity index (χ2v) is 6.48. The highest BCUT2D eigenvalue weighted by Gasteiger charge is 2.26. The first-order chi connectivity index (χ1) is 8.50. The van der Waals surface area contributed by atoms with E-state index in [0.717, 1.165) is 18.0 Å². The van der Waals surface area contributed by atoms with Crippen molar-refractivity contribution in [3.8, 4) is 0 Å². The molecule has 18 heavy (non-hydrogen) atoms. The Morgan fingerprint density at radius 3 is 2.83 bits per heavy atom. The van der Waals surface area contributed by atoms with Crippen LogP contribution < -0.4 is 10.6 Å². The molecule has 2 rings (SSSR count). The fraction of sp³-hybridized carbons (Fsp3) is 0.462. The number of hydrogen-bond donors (Lipinski definition) is 2. The van der Waals surface area contributed by atoms with Crippen molar-refractivity contribution in [3.63, 3.8) is 0 Å². The monoisotopic (exact) mass is 283 g/mol. The number of anilines is 1. The molecule has 0 aromatic heterocycles. The zero-order valence-corrected chi connectivity index (χ0v) is 12.2. The minimum Gasteiger partial charge on any atom is -0.384 e. The molecule has 0 saturated carbocycles. The van der Waals surface area contributed by atoms with Crippen LogP contribution in [0.4, 0.5) is 5.69 Å². The summed E-state index contributed by atoms with van der Waals surface area (Å²) in [5.41, 5.74) is 7.19. The van der Waals surface area contributed by atoms with Gasteiger partial charge >= 0.3 is 0 Å². The molecule has 0 bridgehead atoms. The number of nitrogen functional groups attached to an aromatic ring is 1. The van der Waals surface area contributed by atoms with Crippen molar-refractivity contribution in [2.24, 2.45) is 5.73 Å². The molecule has 1 aliphatic heterocycles. The van der Waals surface area contributed by atoms with Crippen LogP contribution >= 0.6 is 23.4 Å². The summed E-state index contributed by atoms with van der Waals surface area (Å²) < 4.78 is 0. The predicted octanol–water partition coefficient (Wildman–Crippen LogP) is 2.95. The first kappa shape index (κ1) is 13.6. The summed E-state index contributed by atoms with van der Waals surface area (Å²) in [4.78, 5) is 2.34. The molecule has 1 heterocycles. The summed E-state index contributed by atoms with van der Waals surface area (Å²) in [5.74, 6) is 1.18. The molecule has 5 heteroatoms. The Morgan fingerprint density at radius 2 is 2.22 bits per heavy atom. The van der Waals surface area contributed by atoms with E-state index in [-0.39, 0.29) is 5.84 Å². The van der Waals surface area contributed by atoms with Gasteiger partial charge in [0.25, 0.3) is 0 Å². The molecular weight excluding hydrogens is 266 g/mol. The number of halogens is 1. The summed E-state index contributed by atoms with van der Waals surface area (Å²) in [6.07, 6.45) is 0. The van der Waals surface area contributed by atoms with Crippen LogP contribution in [-0.2, 0) is 0 Å². The highest BCUT2D eigenvalue weighted by atomic mass is 35.5. The van der Waals surface area contributed by atoms with Crippen molar-refractivity contribution in [1.29, 1.82) is 5.41 Å². The standard InChI is InChI=1S/C13H18ClN3S/c1-8-9(2)18-6-5-17(8)12-4-3-10(13(15)16)7-11(12)14/h3-4,7-9H,5-6H2,1-2H3,(H3,15,16). The van der Waals surface area contributed by atoms with Gasteiger partial charge in [0.1, 0.15) is 5.84 Å². The fourth-order valence-electron chi connectivity index (χ4n) is 2.18. The second kappa shape index (κ2) is 5.41. The Hall–Kier alpha value is -0.870. The van der Waals surface area contributed by atoms with Gasteiger partial charge in [0.15, 0.2) is 0 Å². The van der Waals surface area contributed by atoms with Crippen molar-refractivity contribution in [3.05, 3.63) is 28.8 Å². The van der Waals surface area contributed by atoms with Crippen molar-refractivity contribution < 1.29 is 0 Å². The minimum atomic E-state index is 0.0547. The Labute approximate surface area is 117 Å². The van der Waals surface area contributed by atoms with Crippen LogP contribution in [0, 0.1) is 5.41 Å². The molecule has 0 radical (unpaired) electrons. The highest BCUT2D eigenvalue weighted by Crippen LogP contribution is 2.33.